The fourth-order valence-corrected chi connectivity index (χ4v) is 23.0. The lowest BCUT2D eigenvalue weighted by Crippen LogP contribution is -2.51. The van der Waals surface area contributed by atoms with Gasteiger partial charge in [-0.3, -0.25) is 4.99 Å². The Morgan fingerprint density at radius 3 is 1.21 bits per heavy atom. The van der Waals surface area contributed by atoms with Gasteiger partial charge < -0.3 is 9.31 Å². The summed E-state index contributed by atoms with van der Waals surface area (Å²) < 4.78 is 13.9. The molecule has 0 bridgehead atoms. The third-order valence-corrected chi connectivity index (χ3v) is 28.4. The van der Waals surface area contributed by atoms with E-state index in [9.17, 15) is 0 Å². The number of halogens is 1. The SMILES string of the molecule is C1=CCC2C(=C1)C1(c3ccccc3-c3ccccc31)c1cccc(C3CC(c4ccccc4)=NC(c4ccccc4)=N3)c1C21c2ccccc2-c2ccccc21.CC1(C)OB(c2cccc3c2C2(c4ccccc4-c4ccccc42)c2ccccc2C32c3ccccc3-c3ccccc32)OC1(C)C.Clc1cc(-c2ccccc2)nc(-c2ccccc2)n1. The van der Waals surface area contributed by atoms with E-state index in [1.807, 2.05) is 60.7 Å². The highest BCUT2D eigenvalue weighted by Crippen LogP contribution is 2.72. The van der Waals surface area contributed by atoms with Crippen molar-refractivity contribution in [3.05, 3.63) is 506 Å². The normalized spacial score (nSPS) is 18.1. The molecule has 16 aromatic rings. The monoisotopic (exact) mass is 1590 g/mol. The predicted octanol–water partition coefficient (Wildman–Crippen LogP) is 25.7. The fourth-order valence-electron chi connectivity index (χ4n) is 22.8. The van der Waals surface area contributed by atoms with Crippen molar-refractivity contribution in [3.8, 4) is 67.2 Å². The summed E-state index contributed by atoms with van der Waals surface area (Å²) in [6, 6.07) is 139. The molecule has 2 aliphatic heterocycles. The number of aromatic nitrogens is 2. The molecule has 2 unspecified atom stereocenters. The van der Waals surface area contributed by atoms with Crippen molar-refractivity contribution < 1.29 is 9.31 Å². The Morgan fingerprint density at radius 2 is 0.721 bits per heavy atom. The summed E-state index contributed by atoms with van der Waals surface area (Å²) in [7, 11) is -0.527. The minimum absolute atomic E-state index is 0.154. The second-order valence-electron chi connectivity index (χ2n) is 34.5. The predicted molar refractivity (Wildman–Crippen MR) is 497 cm³/mol. The highest BCUT2D eigenvalue weighted by atomic mass is 35.5. The van der Waals surface area contributed by atoms with Crippen LogP contribution >= 0.6 is 11.6 Å². The zero-order valence-electron chi connectivity index (χ0n) is 68.2. The van der Waals surface area contributed by atoms with Crippen molar-refractivity contribution in [2.75, 3.05) is 0 Å². The Morgan fingerprint density at radius 1 is 0.344 bits per heavy atom. The molecule has 9 aliphatic rings. The lowest BCUT2D eigenvalue weighted by Gasteiger charge is -2.55. The topological polar surface area (TPSA) is 69.0 Å². The maximum Gasteiger partial charge on any atom is 0.495 e. The van der Waals surface area contributed by atoms with Crippen LogP contribution < -0.4 is 5.46 Å². The van der Waals surface area contributed by atoms with E-state index < -0.39 is 40.0 Å². The summed E-state index contributed by atoms with van der Waals surface area (Å²) >= 11 is 6.10. The van der Waals surface area contributed by atoms with Crippen LogP contribution in [-0.2, 0) is 31.0 Å². The Labute approximate surface area is 718 Å². The van der Waals surface area contributed by atoms with Crippen molar-refractivity contribution in [2.45, 2.75) is 79.4 Å². The summed E-state index contributed by atoms with van der Waals surface area (Å²) in [6.07, 6.45) is 8.88. The van der Waals surface area contributed by atoms with E-state index in [-0.39, 0.29) is 12.0 Å². The van der Waals surface area contributed by atoms with Gasteiger partial charge in [-0.25, -0.2) is 15.0 Å². The molecule has 0 saturated carbocycles. The Balaban J connectivity index is 0.000000118. The average Bonchev–Trinajstić information content (AvgIpc) is 1.45. The van der Waals surface area contributed by atoms with Crippen LogP contribution in [0.4, 0.5) is 0 Å². The molecule has 1 aromatic heterocycles. The molecule has 0 N–H and O–H groups in total. The number of hydrogen-bond donors (Lipinski definition) is 0. The molecule has 25 rings (SSSR count). The van der Waals surface area contributed by atoms with Gasteiger partial charge in [0.05, 0.1) is 50.3 Å². The molecule has 122 heavy (non-hydrogen) atoms. The van der Waals surface area contributed by atoms with Crippen molar-refractivity contribution in [1.29, 1.82) is 0 Å². The van der Waals surface area contributed by atoms with Crippen LogP contribution in [0.25, 0.3) is 67.2 Å². The van der Waals surface area contributed by atoms with Gasteiger partial charge in [0.1, 0.15) is 5.15 Å². The molecule has 2 atom stereocenters. The summed E-state index contributed by atoms with van der Waals surface area (Å²) in [6.45, 7) is 8.61. The number of amidine groups is 1. The molecule has 4 spiro atoms. The highest BCUT2D eigenvalue weighted by Gasteiger charge is 2.65. The first-order valence-electron chi connectivity index (χ1n) is 42.7. The van der Waals surface area contributed by atoms with E-state index in [1.165, 1.54) is 134 Å². The number of fused-ring (bicyclic) bond motifs is 32. The van der Waals surface area contributed by atoms with Gasteiger partial charge in [-0.15, -0.1) is 0 Å². The maximum atomic E-state index is 6.95. The summed E-state index contributed by atoms with van der Waals surface area (Å²) in [5.41, 5.74) is 36.4. The minimum atomic E-state index is -0.572. The van der Waals surface area contributed by atoms with Gasteiger partial charge >= 0.3 is 7.12 Å². The lowest BCUT2D eigenvalue weighted by molar-refractivity contribution is 0.00578. The molecule has 1 fully saturated rings. The number of allylic oxidation sites excluding steroid dienone is 4. The average molecular weight is 1590 g/mol. The second-order valence-corrected chi connectivity index (χ2v) is 34.9. The maximum absolute atomic E-state index is 6.95. The number of nitrogens with zero attached hydrogens (tertiary/aromatic N) is 4. The van der Waals surface area contributed by atoms with Gasteiger partial charge in [0.25, 0.3) is 0 Å². The molecule has 0 amide bonds. The van der Waals surface area contributed by atoms with Crippen LogP contribution in [0.1, 0.15) is 141 Å². The molecular weight excluding hydrogens is 1500 g/mol. The Bertz CT molecular complexity index is 6830. The standard InChI is InChI=1S/C54H38N2.C44H35BO2.C16H11ClN2/c1-3-18-35(19-4-1)49-34-50(56-52(55-49)36-20-5-2-6-21-36)41-26-17-33-48-51(41)54(44-29-13-9-24-39(44)40-25-10-14-30-45(40)54)47-32-16-15-31-46(47)53(48)42-27-11-7-22-37(42)38-23-8-12-28-43(38)53;1-41(2)42(3,4)47-45(46-41)39-27-15-26-38-40(39)44(34-22-11-7-18-30(34)31-19-8-12-23-35(31)44)37-25-14-13-24-36(37)43(38)32-20-9-5-16-28(32)29-17-6-10-21-33(29)43;17-15-11-14(12-7-3-1-4-8-12)18-16(19-15)13-9-5-2-6-10-13/h1-31,33,47,50H,32,34H2;5-27H,1-4H3;1-11H. The molecular formula is C114H84BClN4O2. The summed E-state index contributed by atoms with van der Waals surface area (Å²) in [5.74, 6) is 1.60. The van der Waals surface area contributed by atoms with Crippen molar-refractivity contribution in [1.82, 2.24) is 9.97 Å². The zero-order valence-corrected chi connectivity index (χ0v) is 69.0. The van der Waals surface area contributed by atoms with Crippen LogP contribution in [-0.4, -0.2) is 39.8 Å². The molecule has 7 aliphatic carbocycles. The van der Waals surface area contributed by atoms with Crippen molar-refractivity contribution >= 4 is 35.7 Å². The van der Waals surface area contributed by atoms with E-state index in [1.54, 1.807) is 6.07 Å². The third kappa shape index (κ3) is 10.5. The second kappa shape index (κ2) is 28.3. The van der Waals surface area contributed by atoms with Gasteiger partial charge in [-0.05, 0) is 179 Å². The van der Waals surface area contributed by atoms with Gasteiger partial charge in [0.2, 0.25) is 0 Å². The molecule has 0 radical (unpaired) electrons. The quantitative estimate of drug-likeness (QED) is 0.123. The molecule has 8 heteroatoms. The summed E-state index contributed by atoms with van der Waals surface area (Å²) in [5, 5.41) is 0.452. The first-order chi connectivity index (χ1) is 59.9. The zero-order chi connectivity index (χ0) is 81.7. The van der Waals surface area contributed by atoms with Crippen LogP contribution in [0, 0.1) is 5.92 Å². The third-order valence-electron chi connectivity index (χ3n) is 28.2. The molecule has 3 heterocycles. The van der Waals surface area contributed by atoms with Gasteiger partial charge in [0.15, 0.2) is 11.7 Å². The van der Waals surface area contributed by atoms with E-state index in [4.69, 9.17) is 30.9 Å². The fraction of sp³-hybridized carbons (Fsp3) is 0.123. The van der Waals surface area contributed by atoms with E-state index in [0.29, 0.717) is 17.4 Å². The smallest absolute Gasteiger partial charge is 0.399 e. The number of rotatable bonds is 6. The van der Waals surface area contributed by atoms with E-state index >= 15 is 0 Å². The number of hydrogen-bond acceptors (Lipinski definition) is 6. The molecule has 582 valence electrons. The molecule has 1 saturated heterocycles. The van der Waals surface area contributed by atoms with Crippen LogP contribution in [0.5, 0.6) is 0 Å². The summed E-state index contributed by atoms with van der Waals surface area (Å²) in [4.78, 5) is 19.9. The van der Waals surface area contributed by atoms with Crippen LogP contribution in [0.2, 0.25) is 5.15 Å². The van der Waals surface area contributed by atoms with Crippen LogP contribution in [0.15, 0.2) is 416 Å². The van der Waals surface area contributed by atoms with E-state index in [0.717, 1.165) is 51.4 Å². The Kier molecular flexibility index (Phi) is 17.1. The van der Waals surface area contributed by atoms with Gasteiger partial charge in [-0.1, -0.05) is 406 Å². The van der Waals surface area contributed by atoms with Gasteiger partial charge in [-0.2, -0.15) is 0 Å². The first-order valence-corrected chi connectivity index (χ1v) is 43.1. The first kappa shape index (κ1) is 73.6. The minimum Gasteiger partial charge on any atom is -0.399 e. The van der Waals surface area contributed by atoms with E-state index in [2.05, 4.69) is 371 Å². The number of benzene rings is 15. The number of aliphatic imine (C=N–C) groups is 2. The van der Waals surface area contributed by atoms with Crippen molar-refractivity contribution in [2.24, 2.45) is 15.9 Å². The molecule has 6 nitrogen and oxygen atoms in total. The molecule has 15 aromatic carbocycles. The Hall–Kier alpha value is -13.5. The van der Waals surface area contributed by atoms with Crippen LogP contribution in [0.3, 0.4) is 0 Å². The largest absolute Gasteiger partial charge is 0.495 e. The van der Waals surface area contributed by atoms with Crippen molar-refractivity contribution in [3.63, 3.8) is 0 Å². The van der Waals surface area contributed by atoms with Gasteiger partial charge in [0, 0.05) is 35.1 Å². The lowest BCUT2D eigenvalue weighted by atomic mass is 9.46. The highest BCUT2D eigenvalue weighted by molar-refractivity contribution is 6.63.